The summed E-state index contributed by atoms with van der Waals surface area (Å²) in [5.74, 6) is -0.266. The van der Waals surface area contributed by atoms with E-state index in [4.69, 9.17) is 34.8 Å². The number of anilines is 1. The van der Waals surface area contributed by atoms with E-state index in [0.717, 1.165) is 5.56 Å². The van der Waals surface area contributed by atoms with Crippen LogP contribution in [0.25, 0.3) is 11.3 Å². The van der Waals surface area contributed by atoms with Crippen LogP contribution in [0.3, 0.4) is 0 Å². The first-order chi connectivity index (χ1) is 11.5. The Hall–Kier alpha value is -2.07. The first-order valence-corrected chi connectivity index (χ1v) is 8.15. The Morgan fingerprint density at radius 1 is 0.917 bits per heavy atom. The van der Waals surface area contributed by atoms with E-state index < -0.39 is 0 Å². The molecule has 0 aliphatic heterocycles. The van der Waals surface area contributed by atoms with Gasteiger partial charge in [-0.15, -0.1) is 0 Å². The van der Waals surface area contributed by atoms with Crippen molar-refractivity contribution in [3.05, 3.63) is 81.4 Å². The highest BCUT2D eigenvalue weighted by atomic mass is 35.5. The number of carbonyl (C=O) groups is 1. The van der Waals surface area contributed by atoms with Crippen molar-refractivity contribution in [2.24, 2.45) is 0 Å². The van der Waals surface area contributed by atoms with Gasteiger partial charge in [0.1, 0.15) is 0 Å². The lowest BCUT2D eigenvalue weighted by molar-refractivity contribution is 0.102. The number of nitrogens with zero attached hydrogens (tertiary/aromatic N) is 1. The van der Waals surface area contributed by atoms with Gasteiger partial charge in [-0.3, -0.25) is 9.78 Å². The van der Waals surface area contributed by atoms with E-state index in [2.05, 4.69) is 10.3 Å². The van der Waals surface area contributed by atoms with Gasteiger partial charge >= 0.3 is 0 Å². The molecule has 1 N–H and O–H groups in total. The number of amides is 1. The van der Waals surface area contributed by atoms with Gasteiger partial charge in [-0.1, -0.05) is 46.9 Å². The quantitative estimate of drug-likeness (QED) is 0.612. The lowest BCUT2D eigenvalue weighted by atomic mass is 10.1. The first kappa shape index (κ1) is 16.8. The summed E-state index contributed by atoms with van der Waals surface area (Å²) in [6.07, 6.45) is 1.67. The van der Waals surface area contributed by atoms with E-state index in [1.807, 2.05) is 0 Å². The molecule has 0 aliphatic rings. The molecule has 0 saturated carbocycles. The molecule has 0 unspecified atom stereocenters. The van der Waals surface area contributed by atoms with Crippen LogP contribution in [-0.2, 0) is 0 Å². The van der Waals surface area contributed by atoms with Crippen LogP contribution in [0.1, 0.15) is 10.4 Å². The van der Waals surface area contributed by atoms with E-state index in [1.54, 1.807) is 60.8 Å². The average molecular weight is 378 g/mol. The van der Waals surface area contributed by atoms with Gasteiger partial charge in [0.05, 0.1) is 21.4 Å². The Kier molecular flexibility index (Phi) is 5.05. The molecule has 0 atom stereocenters. The minimum atomic E-state index is -0.266. The summed E-state index contributed by atoms with van der Waals surface area (Å²) in [5.41, 5.74) is 2.51. The molecule has 2 aromatic carbocycles. The number of pyridine rings is 1. The second kappa shape index (κ2) is 7.22. The highest BCUT2D eigenvalue weighted by Gasteiger charge is 2.10. The maximum Gasteiger partial charge on any atom is 0.255 e. The van der Waals surface area contributed by atoms with E-state index >= 15 is 0 Å². The van der Waals surface area contributed by atoms with Crippen LogP contribution < -0.4 is 5.32 Å². The van der Waals surface area contributed by atoms with Crippen molar-refractivity contribution in [3.63, 3.8) is 0 Å². The normalized spacial score (nSPS) is 10.5. The molecule has 3 nitrogen and oxygen atoms in total. The Balaban J connectivity index is 1.80. The van der Waals surface area contributed by atoms with Gasteiger partial charge in [0.2, 0.25) is 0 Å². The minimum absolute atomic E-state index is 0.266. The van der Waals surface area contributed by atoms with E-state index in [1.165, 1.54) is 0 Å². The Bertz CT molecular complexity index is 895. The van der Waals surface area contributed by atoms with Gasteiger partial charge in [-0.2, -0.15) is 0 Å². The van der Waals surface area contributed by atoms with Crippen LogP contribution in [-0.4, -0.2) is 10.9 Å². The predicted octanol–water partition coefficient (Wildman–Crippen LogP) is 5.96. The van der Waals surface area contributed by atoms with Crippen molar-refractivity contribution < 1.29 is 4.79 Å². The monoisotopic (exact) mass is 376 g/mol. The summed E-state index contributed by atoms with van der Waals surface area (Å²) < 4.78 is 0. The molecule has 0 radical (unpaired) electrons. The lowest BCUT2D eigenvalue weighted by Gasteiger charge is -2.08. The van der Waals surface area contributed by atoms with Crippen molar-refractivity contribution in [3.8, 4) is 11.3 Å². The van der Waals surface area contributed by atoms with Gasteiger partial charge in [0.25, 0.3) is 5.91 Å². The zero-order valence-electron chi connectivity index (χ0n) is 12.3. The number of hydrogen-bond donors (Lipinski definition) is 1. The van der Waals surface area contributed by atoms with Crippen LogP contribution in [0.4, 0.5) is 5.69 Å². The highest BCUT2D eigenvalue weighted by molar-refractivity contribution is 6.36. The van der Waals surface area contributed by atoms with E-state index in [9.17, 15) is 4.79 Å². The fourth-order valence-electron chi connectivity index (χ4n) is 2.16. The molecule has 1 heterocycles. The summed E-state index contributed by atoms with van der Waals surface area (Å²) in [4.78, 5) is 16.6. The molecule has 24 heavy (non-hydrogen) atoms. The van der Waals surface area contributed by atoms with Crippen LogP contribution in [0.15, 0.2) is 60.8 Å². The van der Waals surface area contributed by atoms with Crippen molar-refractivity contribution in [1.29, 1.82) is 0 Å². The Morgan fingerprint density at radius 3 is 2.33 bits per heavy atom. The maximum atomic E-state index is 12.3. The largest absolute Gasteiger partial charge is 0.321 e. The fraction of sp³-hybridized carbons (Fsp3) is 0. The van der Waals surface area contributed by atoms with Crippen LogP contribution >= 0.6 is 34.8 Å². The number of carbonyl (C=O) groups excluding carboxylic acids is 1. The number of aromatic nitrogens is 1. The lowest BCUT2D eigenvalue weighted by Crippen LogP contribution is -2.12. The number of benzene rings is 2. The average Bonchev–Trinajstić information content (AvgIpc) is 2.58. The summed E-state index contributed by atoms with van der Waals surface area (Å²) in [5, 5.41) is 4.20. The molecule has 3 rings (SSSR count). The molecule has 0 saturated heterocycles. The Morgan fingerprint density at radius 2 is 1.67 bits per heavy atom. The van der Waals surface area contributed by atoms with Crippen molar-refractivity contribution in [1.82, 2.24) is 4.98 Å². The third-order valence-electron chi connectivity index (χ3n) is 3.36. The summed E-state index contributed by atoms with van der Waals surface area (Å²) >= 11 is 18.0. The molecule has 3 aromatic rings. The van der Waals surface area contributed by atoms with Gasteiger partial charge in [0, 0.05) is 22.3 Å². The molecule has 120 valence electrons. The second-order valence-electron chi connectivity index (χ2n) is 4.99. The summed E-state index contributed by atoms with van der Waals surface area (Å²) in [6.45, 7) is 0. The van der Waals surface area contributed by atoms with Crippen LogP contribution in [0, 0.1) is 0 Å². The minimum Gasteiger partial charge on any atom is -0.321 e. The van der Waals surface area contributed by atoms with Gasteiger partial charge in [-0.25, -0.2) is 0 Å². The van der Waals surface area contributed by atoms with Crippen LogP contribution in [0.5, 0.6) is 0 Å². The number of hydrogen-bond acceptors (Lipinski definition) is 2. The summed E-state index contributed by atoms with van der Waals surface area (Å²) in [6, 6.07) is 15.4. The maximum absolute atomic E-state index is 12.3. The molecular weight excluding hydrogens is 367 g/mol. The molecule has 6 heteroatoms. The summed E-state index contributed by atoms with van der Waals surface area (Å²) in [7, 11) is 0. The van der Waals surface area contributed by atoms with Crippen molar-refractivity contribution in [2.45, 2.75) is 0 Å². The Labute approximate surface area is 154 Å². The third kappa shape index (κ3) is 3.70. The smallest absolute Gasteiger partial charge is 0.255 e. The van der Waals surface area contributed by atoms with E-state index in [-0.39, 0.29) is 5.91 Å². The zero-order chi connectivity index (χ0) is 17.1. The van der Waals surface area contributed by atoms with Gasteiger partial charge in [-0.05, 0) is 42.5 Å². The van der Waals surface area contributed by atoms with Crippen molar-refractivity contribution >= 4 is 46.4 Å². The van der Waals surface area contributed by atoms with E-state index in [0.29, 0.717) is 32.0 Å². The first-order valence-electron chi connectivity index (χ1n) is 7.02. The fourth-order valence-corrected chi connectivity index (χ4v) is 2.85. The van der Waals surface area contributed by atoms with Gasteiger partial charge in [0.15, 0.2) is 0 Å². The molecule has 0 aliphatic carbocycles. The SMILES string of the molecule is O=C(Nc1ccc(Cl)cc1Cl)c1ccc(-c2ncccc2Cl)cc1. The number of nitrogens with one attached hydrogen (secondary N) is 1. The molecule has 0 spiro atoms. The third-order valence-corrected chi connectivity index (χ3v) is 4.21. The predicted molar refractivity (Wildman–Crippen MR) is 99.1 cm³/mol. The number of halogens is 3. The zero-order valence-corrected chi connectivity index (χ0v) is 14.5. The molecule has 0 bridgehead atoms. The topological polar surface area (TPSA) is 42.0 Å². The van der Waals surface area contributed by atoms with Gasteiger partial charge < -0.3 is 5.32 Å². The standard InChI is InChI=1S/C18H11Cl3N2O/c19-13-7-8-16(15(21)10-13)23-18(24)12-5-3-11(4-6-12)17-14(20)2-1-9-22-17/h1-10H,(H,23,24). The molecule has 1 amide bonds. The molecule has 0 fully saturated rings. The van der Waals surface area contributed by atoms with Crippen molar-refractivity contribution in [2.75, 3.05) is 5.32 Å². The molecular formula is C18H11Cl3N2O. The highest BCUT2D eigenvalue weighted by Crippen LogP contribution is 2.27. The van der Waals surface area contributed by atoms with Crippen LogP contribution in [0.2, 0.25) is 15.1 Å². The molecule has 1 aromatic heterocycles. The number of rotatable bonds is 3. The second-order valence-corrected chi connectivity index (χ2v) is 6.24.